The number of urea groups is 1. The zero-order valence-corrected chi connectivity index (χ0v) is 12.6. The van der Waals surface area contributed by atoms with Crippen LogP contribution in [0.4, 0.5) is 4.79 Å². The van der Waals surface area contributed by atoms with E-state index in [1.165, 1.54) is 4.90 Å². The van der Waals surface area contributed by atoms with Crippen molar-refractivity contribution in [1.29, 1.82) is 0 Å². The molecule has 20 heavy (non-hydrogen) atoms. The number of rotatable bonds is 9. The van der Waals surface area contributed by atoms with Gasteiger partial charge in [0.2, 0.25) is 0 Å². The quantitative estimate of drug-likeness (QED) is 0.630. The Bertz CT molecular complexity index is 342. The van der Waals surface area contributed by atoms with E-state index in [0.29, 0.717) is 6.54 Å². The Morgan fingerprint density at radius 3 is 2.60 bits per heavy atom. The summed E-state index contributed by atoms with van der Waals surface area (Å²) in [5.74, 6) is -1.45. The smallest absolute Gasteiger partial charge is 0.317 e. The Hall–Kier alpha value is -1.30. The van der Waals surface area contributed by atoms with Gasteiger partial charge in [0.15, 0.2) is 0 Å². The zero-order chi connectivity index (χ0) is 15.2. The fourth-order valence-corrected chi connectivity index (χ4v) is 2.09. The summed E-state index contributed by atoms with van der Waals surface area (Å²) in [6.07, 6.45) is 3.21. The molecule has 116 valence electrons. The van der Waals surface area contributed by atoms with Crippen LogP contribution < -0.4 is 5.32 Å². The molecule has 0 spiro atoms. The SMILES string of the molecule is CCOCCC1(CNC(=O)N(C)CC(C)C(=O)O)CC1. The Morgan fingerprint density at radius 1 is 1.45 bits per heavy atom. The average Bonchev–Trinajstić information content (AvgIpc) is 3.16. The minimum absolute atomic E-state index is 0.198. The molecule has 1 aliphatic carbocycles. The number of nitrogens with one attached hydrogen (secondary N) is 1. The van der Waals surface area contributed by atoms with Crippen molar-refractivity contribution in [3.8, 4) is 0 Å². The van der Waals surface area contributed by atoms with Crippen molar-refractivity contribution < 1.29 is 19.4 Å². The topological polar surface area (TPSA) is 78.9 Å². The summed E-state index contributed by atoms with van der Waals surface area (Å²) < 4.78 is 5.35. The van der Waals surface area contributed by atoms with Crippen molar-refractivity contribution in [2.45, 2.75) is 33.1 Å². The maximum Gasteiger partial charge on any atom is 0.317 e. The number of hydrogen-bond donors (Lipinski definition) is 2. The molecule has 6 nitrogen and oxygen atoms in total. The second-order valence-corrected chi connectivity index (χ2v) is 5.73. The first-order valence-electron chi connectivity index (χ1n) is 7.20. The lowest BCUT2D eigenvalue weighted by Crippen LogP contribution is -2.42. The summed E-state index contributed by atoms with van der Waals surface area (Å²) in [6, 6.07) is -0.208. The number of carboxylic acids is 1. The molecule has 2 N–H and O–H groups in total. The maximum absolute atomic E-state index is 11.9. The molecule has 1 saturated carbocycles. The average molecular weight is 286 g/mol. The van der Waals surface area contributed by atoms with Gasteiger partial charge in [-0.05, 0) is 31.6 Å². The highest BCUT2D eigenvalue weighted by molar-refractivity contribution is 5.75. The Labute approximate surface area is 120 Å². The number of hydrogen-bond acceptors (Lipinski definition) is 3. The van der Waals surface area contributed by atoms with Crippen LogP contribution in [-0.2, 0) is 9.53 Å². The van der Waals surface area contributed by atoms with Crippen molar-refractivity contribution in [2.75, 3.05) is 33.4 Å². The largest absolute Gasteiger partial charge is 0.481 e. The van der Waals surface area contributed by atoms with Gasteiger partial charge in [0, 0.05) is 33.4 Å². The highest BCUT2D eigenvalue weighted by Gasteiger charge is 2.42. The lowest BCUT2D eigenvalue weighted by molar-refractivity contribution is -0.141. The third-order valence-corrected chi connectivity index (χ3v) is 3.87. The third-order valence-electron chi connectivity index (χ3n) is 3.87. The van der Waals surface area contributed by atoms with Crippen LogP contribution in [0.5, 0.6) is 0 Å². The van der Waals surface area contributed by atoms with Crippen molar-refractivity contribution in [1.82, 2.24) is 10.2 Å². The van der Waals surface area contributed by atoms with E-state index in [9.17, 15) is 9.59 Å². The first-order valence-corrected chi connectivity index (χ1v) is 7.20. The minimum atomic E-state index is -0.889. The predicted octanol–water partition coefficient (Wildman–Crippen LogP) is 1.56. The first-order chi connectivity index (χ1) is 9.40. The van der Waals surface area contributed by atoms with Gasteiger partial charge >= 0.3 is 12.0 Å². The number of amides is 2. The van der Waals surface area contributed by atoms with E-state index < -0.39 is 11.9 Å². The molecule has 0 aromatic rings. The summed E-state index contributed by atoms with van der Waals surface area (Å²) in [4.78, 5) is 24.1. The minimum Gasteiger partial charge on any atom is -0.481 e. The molecular formula is C14H26N2O4. The molecule has 0 aromatic carbocycles. The van der Waals surface area contributed by atoms with Crippen LogP contribution in [0, 0.1) is 11.3 Å². The van der Waals surface area contributed by atoms with Gasteiger partial charge in [0.25, 0.3) is 0 Å². The third kappa shape index (κ3) is 5.36. The Kier molecular flexibility index (Phi) is 6.26. The van der Waals surface area contributed by atoms with Gasteiger partial charge < -0.3 is 20.1 Å². The van der Waals surface area contributed by atoms with Crippen molar-refractivity contribution in [3.63, 3.8) is 0 Å². The summed E-state index contributed by atoms with van der Waals surface area (Å²) in [6.45, 7) is 5.88. The lowest BCUT2D eigenvalue weighted by Gasteiger charge is -2.22. The van der Waals surface area contributed by atoms with Crippen molar-refractivity contribution >= 4 is 12.0 Å². The van der Waals surface area contributed by atoms with E-state index in [1.807, 2.05) is 6.92 Å². The first kappa shape index (κ1) is 16.8. The number of carboxylic acid groups (broad SMARTS) is 1. The van der Waals surface area contributed by atoms with E-state index in [0.717, 1.165) is 32.5 Å². The number of aliphatic carboxylic acids is 1. The molecule has 1 aliphatic rings. The molecule has 0 bridgehead atoms. The van der Waals surface area contributed by atoms with Gasteiger partial charge in [-0.3, -0.25) is 4.79 Å². The van der Waals surface area contributed by atoms with E-state index in [2.05, 4.69) is 5.32 Å². The van der Waals surface area contributed by atoms with Gasteiger partial charge in [-0.1, -0.05) is 6.92 Å². The molecule has 0 radical (unpaired) electrons. The molecule has 1 rings (SSSR count). The van der Waals surface area contributed by atoms with Crippen LogP contribution >= 0.6 is 0 Å². The zero-order valence-electron chi connectivity index (χ0n) is 12.6. The second-order valence-electron chi connectivity index (χ2n) is 5.73. The number of carbonyl (C=O) groups is 2. The van der Waals surface area contributed by atoms with Crippen LogP contribution in [0.3, 0.4) is 0 Å². The Balaban J connectivity index is 2.27. The van der Waals surface area contributed by atoms with E-state index >= 15 is 0 Å². The molecule has 0 saturated heterocycles. The van der Waals surface area contributed by atoms with E-state index in [4.69, 9.17) is 9.84 Å². The monoisotopic (exact) mass is 286 g/mol. The second kappa shape index (κ2) is 7.47. The van der Waals surface area contributed by atoms with Crippen LogP contribution in [0.25, 0.3) is 0 Å². The number of nitrogens with zero attached hydrogens (tertiary/aromatic N) is 1. The van der Waals surface area contributed by atoms with Crippen LogP contribution in [0.1, 0.15) is 33.1 Å². The fraction of sp³-hybridized carbons (Fsp3) is 0.857. The summed E-state index contributed by atoms with van der Waals surface area (Å²) >= 11 is 0. The van der Waals surface area contributed by atoms with Crippen LogP contribution in [-0.4, -0.2) is 55.4 Å². The molecule has 0 aromatic heterocycles. The van der Waals surface area contributed by atoms with Crippen LogP contribution in [0.2, 0.25) is 0 Å². The highest BCUT2D eigenvalue weighted by atomic mass is 16.5. The molecular weight excluding hydrogens is 260 g/mol. The highest BCUT2D eigenvalue weighted by Crippen LogP contribution is 2.48. The fourth-order valence-electron chi connectivity index (χ4n) is 2.09. The van der Waals surface area contributed by atoms with Crippen molar-refractivity contribution in [2.24, 2.45) is 11.3 Å². The van der Waals surface area contributed by atoms with Gasteiger partial charge in [0.05, 0.1) is 5.92 Å². The van der Waals surface area contributed by atoms with Gasteiger partial charge in [0.1, 0.15) is 0 Å². The molecule has 2 amide bonds. The van der Waals surface area contributed by atoms with E-state index in [1.54, 1.807) is 14.0 Å². The summed E-state index contributed by atoms with van der Waals surface area (Å²) in [5.41, 5.74) is 0.198. The predicted molar refractivity (Wildman–Crippen MR) is 75.6 cm³/mol. The van der Waals surface area contributed by atoms with Crippen molar-refractivity contribution in [3.05, 3.63) is 0 Å². The van der Waals surface area contributed by atoms with Gasteiger partial charge in [-0.25, -0.2) is 4.79 Å². The van der Waals surface area contributed by atoms with Gasteiger partial charge in [-0.2, -0.15) is 0 Å². The number of carbonyl (C=O) groups excluding carboxylic acids is 1. The summed E-state index contributed by atoms with van der Waals surface area (Å²) in [7, 11) is 1.62. The molecule has 0 heterocycles. The van der Waals surface area contributed by atoms with E-state index in [-0.39, 0.29) is 18.0 Å². The molecule has 1 fully saturated rings. The molecule has 0 aliphatic heterocycles. The maximum atomic E-state index is 11.9. The molecule has 6 heteroatoms. The standard InChI is InChI=1S/C14H26N2O4/c1-4-20-8-7-14(5-6-14)10-15-13(19)16(3)9-11(2)12(17)18/h11H,4-10H2,1-3H3,(H,15,19)(H,17,18). The normalized spacial score (nSPS) is 17.4. The van der Waals surface area contributed by atoms with Gasteiger partial charge in [-0.15, -0.1) is 0 Å². The van der Waals surface area contributed by atoms with Crippen LogP contribution in [0.15, 0.2) is 0 Å². The molecule has 1 unspecified atom stereocenters. The molecule has 1 atom stereocenters. The lowest BCUT2D eigenvalue weighted by atomic mass is 10.0. The number of ether oxygens (including phenoxy) is 1. The Morgan fingerprint density at radius 2 is 2.10 bits per heavy atom. The summed E-state index contributed by atoms with van der Waals surface area (Å²) in [5, 5.41) is 11.7.